The molecule has 0 radical (unpaired) electrons. The van der Waals surface area contributed by atoms with Crippen molar-refractivity contribution in [3.8, 4) is 0 Å². The Bertz CT molecular complexity index is 426. The molecule has 1 atom stereocenters. The van der Waals surface area contributed by atoms with Crippen LogP contribution in [-0.4, -0.2) is 36.3 Å². The summed E-state index contributed by atoms with van der Waals surface area (Å²) in [5.41, 5.74) is 0. The van der Waals surface area contributed by atoms with Crippen molar-refractivity contribution in [3.63, 3.8) is 0 Å². The molecule has 8 heteroatoms. The Morgan fingerprint density at radius 3 is 2.50 bits per heavy atom. The number of rotatable bonds is 7. The minimum absolute atomic E-state index is 0.121. The molecule has 1 aromatic rings. The van der Waals surface area contributed by atoms with Crippen LogP contribution >= 0.6 is 0 Å². The summed E-state index contributed by atoms with van der Waals surface area (Å²) in [6.45, 7) is 4.61. The zero-order valence-electron chi connectivity index (χ0n) is 11.7. The van der Waals surface area contributed by atoms with Gasteiger partial charge in [-0.05, 0) is 13.3 Å². The molecular formula is C12H19F3N4O. The maximum Gasteiger partial charge on any atom is 0.451 e. The fourth-order valence-electron chi connectivity index (χ4n) is 1.54. The molecule has 5 nitrogen and oxygen atoms in total. The zero-order chi connectivity index (χ0) is 15.2. The monoisotopic (exact) mass is 292 g/mol. The summed E-state index contributed by atoms with van der Waals surface area (Å²) in [5, 5.41) is 5.69. The Balaban J connectivity index is 2.97. The minimum Gasteiger partial charge on any atom is -0.383 e. The van der Waals surface area contributed by atoms with E-state index >= 15 is 0 Å². The largest absolute Gasteiger partial charge is 0.451 e. The lowest BCUT2D eigenvalue weighted by Crippen LogP contribution is -2.23. The van der Waals surface area contributed by atoms with Crippen LogP contribution < -0.4 is 10.6 Å². The van der Waals surface area contributed by atoms with Crippen LogP contribution in [0, 0.1) is 0 Å². The van der Waals surface area contributed by atoms with Gasteiger partial charge in [-0.1, -0.05) is 6.92 Å². The Labute approximate surface area is 116 Å². The number of methoxy groups -OCH3 is 1. The highest BCUT2D eigenvalue weighted by Crippen LogP contribution is 2.28. The molecule has 0 aliphatic rings. The van der Waals surface area contributed by atoms with Crippen LogP contribution in [0.3, 0.4) is 0 Å². The molecule has 114 valence electrons. The van der Waals surface area contributed by atoms with Gasteiger partial charge in [-0.3, -0.25) is 0 Å². The second-order valence-electron chi connectivity index (χ2n) is 4.39. The second kappa shape index (κ2) is 7.28. The quantitative estimate of drug-likeness (QED) is 0.809. The Hall–Kier alpha value is -1.57. The Kier molecular flexibility index (Phi) is 6.00. The van der Waals surface area contributed by atoms with E-state index < -0.39 is 12.0 Å². The van der Waals surface area contributed by atoms with Crippen LogP contribution in [0.1, 0.15) is 26.1 Å². The summed E-state index contributed by atoms with van der Waals surface area (Å²) in [6, 6.07) is 1.30. The van der Waals surface area contributed by atoms with Crippen LogP contribution in [0.5, 0.6) is 0 Å². The number of nitrogens with one attached hydrogen (secondary N) is 2. The van der Waals surface area contributed by atoms with Gasteiger partial charge in [0.1, 0.15) is 11.6 Å². The van der Waals surface area contributed by atoms with Crippen LogP contribution in [0.4, 0.5) is 24.8 Å². The third-order valence-corrected chi connectivity index (χ3v) is 2.35. The first-order valence-corrected chi connectivity index (χ1v) is 6.32. The van der Waals surface area contributed by atoms with E-state index in [4.69, 9.17) is 4.74 Å². The highest BCUT2D eigenvalue weighted by Gasteiger charge is 2.35. The van der Waals surface area contributed by atoms with E-state index in [-0.39, 0.29) is 17.7 Å². The highest BCUT2D eigenvalue weighted by atomic mass is 19.4. The number of aromatic nitrogens is 2. The van der Waals surface area contributed by atoms with Crippen LogP contribution in [0.25, 0.3) is 0 Å². The van der Waals surface area contributed by atoms with Crippen molar-refractivity contribution in [2.75, 3.05) is 30.9 Å². The zero-order valence-corrected chi connectivity index (χ0v) is 11.7. The van der Waals surface area contributed by atoms with Crippen molar-refractivity contribution in [2.45, 2.75) is 32.5 Å². The van der Waals surface area contributed by atoms with Gasteiger partial charge in [0, 0.05) is 25.8 Å². The molecule has 20 heavy (non-hydrogen) atoms. The molecule has 1 aromatic heterocycles. The van der Waals surface area contributed by atoms with E-state index in [1.807, 2.05) is 6.92 Å². The number of halogens is 3. The summed E-state index contributed by atoms with van der Waals surface area (Å²) in [6.07, 6.45) is -3.79. The van der Waals surface area contributed by atoms with E-state index in [1.165, 1.54) is 13.2 Å². The first-order valence-electron chi connectivity index (χ1n) is 6.32. The molecular weight excluding hydrogens is 273 g/mol. The molecule has 0 spiro atoms. The summed E-state index contributed by atoms with van der Waals surface area (Å²) >= 11 is 0. The maximum atomic E-state index is 12.8. The lowest BCUT2D eigenvalue weighted by Gasteiger charge is -2.16. The lowest BCUT2D eigenvalue weighted by atomic mass is 10.3. The van der Waals surface area contributed by atoms with Crippen LogP contribution in [-0.2, 0) is 10.9 Å². The third kappa shape index (κ3) is 5.20. The molecule has 0 aliphatic carbocycles. The molecule has 0 saturated heterocycles. The SMILES string of the molecule is CCCNc1cc(NC(C)COC)nc(C(F)(F)F)n1. The molecule has 1 unspecified atom stereocenters. The van der Waals surface area contributed by atoms with Crippen molar-refractivity contribution in [1.29, 1.82) is 0 Å². The van der Waals surface area contributed by atoms with Gasteiger partial charge in [0.15, 0.2) is 0 Å². The first-order chi connectivity index (χ1) is 9.36. The summed E-state index contributed by atoms with van der Waals surface area (Å²) in [5.74, 6) is -0.887. The summed E-state index contributed by atoms with van der Waals surface area (Å²) in [4.78, 5) is 6.97. The number of alkyl halides is 3. The fourth-order valence-corrected chi connectivity index (χ4v) is 1.54. The van der Waals surface area contributed by atoms with Gasteiger partial charge >= 0.3 is 6.18 Å². The van der Waals surface area contributed by atoms with Gasteiger partial charge in [-0.25, -0.2) is 9.97 Å². The average Bonchev–Trinajstić information content (AvgIpc) is 2.35. The molecule has 0 aliphatic heterocycles. The molecule has 1 heterocycles. The molecule has 2 N–H and O–H groups in total. The van der Waals surface area contributed by atoms with Crippen LogP contribution in [0.15, 0.2) is 6.07 Å². The normalized spacial score (nSPS) is 13.1. The summed E-state index contributed by atoms with van der Waals surface area (Å²) in [7, 11) is 1.52. The van der Waals surface area contributed by atoms with E-state index in [1.54, 1.807) is 6.92 Å². The number of ether oxygens (including phenoxy) is 1. The van der Waals surface area contributed by atoms with E-state index in [9.17, 15) is 13.2 Å². The molecule has 0 aromatic carbocycles. The maximum absolute atomic E-state index is 12.8. The molecule has 0 saturated carbocycles. The first kappa shape index (κ1) is 16.5. The molecule has 0 fully saturated rings. The fraction of sp³-hybridized carbons (Fsp3) is 0.667. The van der Waals surface area contributed by atoms with Gasteiger partial charge in [0.2, 0.25) is 5.82 Å². The molecule has 0 bridgehead atoms. The van der Waals surface area contributed by atoms with Crippen LogP contribution in [0.2, 0.25) is 0 Å². The number of hydrogen-bond donors (Lipinski definition) is 2. The second-order valence-corrected chi connectivity index (χ2v) is 4.39. The predicted molar refractivity (Wildman–Crippen MR) is 70.8 cm³/mol. The third-order valence-electron chi connectivity index (χ3n) is 2.35. The van der Waals surface area contributed by atoms with Gasteiger partial charge in [0.25, 0.3) is 0 Å². The Morgan fingerprint density at radius 1 is 1.30 bits per heavy atom. The smallest absolute Gasteiger partial charge is 0.383 e. The summed E-state index contributed by atoms with van der Waals surface area (Å²) < 4.78 is 43.2. The van der Waals surface area contributed by atoms with E-state index in [2.05, 4.69) is 20.6 Å². The van der Waals surface area contributed by atoms with E-state index in [0.29, 0.717) is 13.2 Å². The van der Waals surface area contributed by atoms with E-state index in [0.717, 1.165) is 6.42 Å². The number of anilines is 2. The van der Waals surface area contributed by atoms with Gasteiger partial charge in [-0.15, -0.1) is 0 Å². The lowest BCUT2D eigenvalue weighted by molar-refractivity contribution is -0.144. The van der Waals surface area contributed by atoms with Crippen molar-refractivity contribution in [3.05, 3.63) is 11.9 Å². The van der Waals surface area contributed by atoms with Gasteiger partial charge in [-0.2, -0.15) is 13.2 Å². The average molecular weight is 292 g/mol. The van der Waals surface area contributed by atoms with Gasteiger partial charge < -0.3 is 15.4 Å². The van der Waals surface area contributed by atoms with Crippen molar-refractivity contribution >= 4 is 11.6 Å². The molecule has 0 amide bonds. The number of nitrogens with zero attached hydrogens (tertiary/aromatic N) is 2. The predicted octanol–water partition coefficient (Wildman–Crippen LogP) is 2.76. The number of hydrogen-bond acceptors (Lipinski definition) is 5. The van der Waals surface area contributed by atoms with Gasteiger partial charge in [0.05, 0.1) is 6.61 Å². The Morgan fingerprint density at radius 2 is 1.95 bits per heavy atom. The molecule has 1 rings (SSSR count). The van der Waals surface area contributed by atoms with Crippen molar-refractivity contribution in [1.82, 2.24) is 9.97 Å². The highest BCUT2D eigenvalue weighted by molar-refractivity contribution is 5.48. The van der Waals surface area contributed by atoms with Crippen molar-refractivity contribution < 1.29 is 17.9 Å². The topological polar surface area (TPSA) is 59.1 Å². The van der Waals surface area contributed by atoms with Crippen molar-refractivity contribution in [2.24, 2.45) is 0 Å². The standard InChI is InChI=1S/C12H19F3N4O/c1-4-5-16-9-6-10(17-8(2)7-20-3)19-11(18-9)12(13,14)15/h6,8H,4-5,7H2,1-3H3,(H2,16,17,18,19). The minimum atomic E-state index is -4.58.